The van der Waals surface area contributed by atoms with E-state index in [9.17, 15) is 0 Å². The summed E-state index contributed by atoms with van der Waals surface area (Å²) < 4.78 is 0. The number of nitrogens with zero attached hydrogens (tertiary/aromatic N) is 3. The number of hydrogen-bond acceptors (Lipinski definition) is 1. The smallest absolute Gasteiger partial charge is 0.674 e. The molecule has 1 atom stereocenters. The van der Waals surface area contributed by atoms with Gasteiger partial charge < -0.3 is 16.0 Å². The average Bonchev–Trinajstić information content (AvgIpc) is 0.822. The van der Waals surface area contributed by atoms with E-state index >= 15 is 0 Å². The van der Waals surface area contributed by atoms with Gasteiger partial charge in [0, 0.05) is 38.3 Å². The molecule has 4 fully saturated rings. The molecule has 8 heteroatoms. The fraction of sp³-hybridized carbons (Fsp3) is 0.374. The second kappa shape index (κ2) is 58.1. The molecule has 0 saturated heterocycles. The molecule has 0 amide bonds. The third-order valence-electron chi connectivity index (χ3n) is 18.4. The Morgan fingerprint density at radius 2 is 0.589 bits per heavy atom. The van der Waals surface area contributed by atoms with Gasteiger partial charge in [0.2, 0.25) is 0 Å². The number of hydrogen-bond donors (Lipinski definition) is 1. The molecule has 13 rings (SSSR count). The van der Waals surface area contributed by atoms with Crippen molar-refractivity contribution in [2.24, 2.45) is 4.99 Å². The van der Waals surface area contributed by atoms with E-state index in [1.807, 2.05) is 212 Å². The minimum Gasteiger partial charge on any atom is -0.674 e. The Morgan fingerprint density at radius 3 is 0.813 bits per heavy atom. The normalized spacial score (nSPS) is 14.8. The first-order valence-electron chi connectivity index (χ1n) is 39.3. The van der Waals surface area contributed by atoms with Gasteiger partial charge in [-0.05, 0) is 127 Å². The van der Waals surface area contributed by atoms with E-state index in [0.717, 1.165) is 87.5 Å². The van der Waals surface area contributed by atoms with Crippen LogP contribution in [0, 0.1) is 48.5 Å². The van der Waals surface area contributed by atoms with Gasteiger partial charge in [-0.1, -0.05) is 201 Å². The van der Waals surface area contributed by atoms with Crippen molar-refractivity contribution in [1.82, 2.24) is 5.32 Å². The first-order valence-corrected chi connectivity index (χ1v) is 42.3. The third kappa shape index (κ3) is 46.4. The van der Waals surface area contributed by atoms with E-state index in [2.05, 4.69) is 156 Å². The Hall–Kier alpha value is -5.91. The van der Waals surface area contributed by atoms with Gasteiger partial charge in [-0.15, -0.1) is 105 Å². The van der Waals surface area contributed by atoms with Crippen LogP contribution >= 0.6 is 15.8 Å². The molecular weight excluding hydrogens is 1490 g/mol. The number of rotatable bonds is 14. The fourth-order valence-corrected chi connectivity index (χ4v) is 21.0. The summed E-state index contributed by atoms with van der Waals surface area (Å²) in [5.41, 5.74) is 15.4. The van der Waals surface area contributed by atoms with E-state index < -0.39 is 0 Å². The summed E-state index contributed by atoms with van der Waals surface area (Å²) in [4.78, 5) is 5.29. The Bertz CT molecular complexity index is 3080. The maximum Gasteiger partial charge on any atom is 4.00 e. The monoisotopic (exact) mass is 1620 g/mol. The van der Waals surface area contributed by atoms with Crippen LogP contribution in [-0.4, -0.2) is 58.3 Å². The zero-order chi connectivity index (χ0) is 75.4. The van der Waals surface area contributed by atoms with Crippen molar-refractivity contribution in [1.29, 1.82) is 0 Å². The summed E-state index contributed by atoms with van der Waals surface area (Å²) in [6.45, 7) is 41.6. The standard InChI is InChI=1S/2C25H41N2P.7C7H7.2Zr/c2*1-25(2,3)27-24(26-20-19-21-13-7-4-8-14-21)28(22-15-9-5-10-16-22)23-17-11-6-12-18-23;7*1-7-5-3-2-4-6-7;;/h4,7-8,13-14,22-23H,5-6,9-12,15-20H2,1-3H3,(H,26,27);4,7-8,13-14,22-24H,5-6,9-12,15-20H2,1-3H3;7*2-6H,1H2;;/q;-2;7*-1;;+4. The molecule has 1 unspecified atom stereocenters. The summed E-state index contributed by atoms with van der Waals surface area (Å²) in [5, 5.41) is 14.6. The maximum absolute atomic E-state index is 5.35. The van der Waals surface area contributed by atoms with E-state index in [-0.39, 0.29) is 85.2 Å². The van der Waals surface area contributed by atoms with Crippen LogP contribution in [0.2, 0.25) is 0 Å². The van der Waals surface area contributed by atoms with Crippen LogP contribution in [0.5, 0.6) is 0 Å². The summed E-state index contributed by atoms with van der Waals surface area (Å²) >= 11 is 0. The van der Waals surface area contributed by atoms with Gasteiger partial charge in [-0.3, -0.25) is 4.99 Å². The SMILES string of the molecule is CC(C)(C)NC(=NCCc1ccccc1)P(C1CCCCC1)C1CCCCC1.CC(C)(C)[N-]C([N-]CCc1ccccc1)P(C1CCCCC1)C1CCCCC1.[CH2-]c1ccccc1.[CH2-]c1ccccc1.[CH2-]c1ccccc1.[CH2-]c1ccccc1.[CH2-]c1ccccc1.[CH2-]c1ccccc1.[CH2-]c1ccccc1.[Zr+4].[Zr]. The predicted molar refractivity (Wildman–Crippen MR) is 468 cm³/mol. The summed E-state index contributed by atoms with van der Waals surface area (Å²) in [5.74, 6) is 0.255. The Kier molecular flexibility index (Phi) is 51.7. The Labute approximate surface area is 695 Å². The first-order chi connectivity index (χ1) is 50.8. The van der Waals surface area contributed by atoms with Crippen molar-refractivity contribution in [3.63, 3.8) is 0 Å². The van der Waals surface area contributed by atoms with Gasteiger partial charge in [-0.25, -0.2) is 5.91 Å². The van der Waals surface area contributed by atoms with Crippen LogP contribution in [0.1, 0.15) is 220 Å². The van der Waals surface area contributed by atoms with E-state index in [0.29, 0.717) is 0 Å². The minimum absolute atomic E-state index is 0. The molecule has 4 saturated carbocycles. The number of amidine groups is 1. The van der Waals surface area contributed by atoms with Crippen LogP contribution in [0.25, 0.3) is 10.6 Å². The molecule has 0 spiro atoms. The molecule has 107 heavy (non-hydrogen) atoms. The summed E-state index contributed by atoms with van der Waals surface area (Å²) in [6, 6.07) is 90.8. The van der Waals surface area contributed by atoms with Crippen molar-refractivity contribution in [3.05, 3.63) is 382 Å². The van der Waals surface area contributed by atoms with Crippen LogP contribution in [0.4, 0.5) is 0 Å². The molecule has 0 bridgehead atoms. The van der Waals surface area contributed by atoms with Gasteiger partial charge in [0.25, 0.3) is 0 Å². The topological polar surface area (TPSA) is 52.6 Å². The van der Waals surface area contributed by atoms with E-state index in [1.165, 1.54) is 145 Å². The molecule has 4 nitrogen and oxygen atoms in total. The van der Waals surface area contributed by atoms with Crippen molar-refractivity contribution in [2.45, 2.75) is 222 Å². The molecule has 9 aromatic carbocycles. The van der Waals surface area contributed by atoms with Gasteiger partial charge in [-0.2, -0.15) is 172 Å². The van der Waals surface area contributed by atoms with Gasteiger partial charge >= 0.3 is 26.2 Å². The summed E-state index contributed by atoms with van der Waals surface area (Å²) in [7, 11) is -0.305. The fourth-order valence-electron chi connectivity index (χ4n) is 13.1. The van der Waals surface area contributed by atoms with E-state index in [4.69, 9.17) is 15.6 Å². The van der Waals surface area contributed by atoms with Gasteiger partial charge in [0.1, 0.15) is 5.58 Å². The molecule has 0 aliphatic heterocycles. The zero-order valence-electron chi connectivity index (χ0n) is 66.5. The second-order valence-electron chi connectivity index (χ2n) is 30.0. The maximum atomic E-state index is 5.35. The van der Waals surface area contributed by atoms with Crippen molar-refractivity contribution in [2.75, 3.05) is 13.1 Å². The molecule has 0 heterocycles. The molecule has 4 aliphatic rings. The molecule has 9 aromatic rings. The molecule has 4 aliphatic carbocycles. The Morgan fingerprint density at radius 1 is 0.355 bits per heavy atom. The number of aliphatic imine (C=N–C) groups is 1. The molecule has 570 valence electrons. The van der Waals surface area contributed by atoms with Crippen molar-refractivity contribution >= 4 is 21.4 Å². The first kappa shape index (κ1) is 95.3. The zero-order valence-corrected chi connectivity index (χ0v) is 73.2. The molecule has 0 aromatic heterocycles. The van der Waals surface area contributed by atoms with Gasteiger partial charge in [0.15, 0.2) is 0 Å². The molecule has 0 radical (unpaired) electrons. The van der Waals surface area contributed by atoms with Crippen molar-refractivity contribution in [3.8, 4) is 0 Å². The molecule has 1 N–H and O–H groups in total. The van der Waals surface area contributed by atoms with Crippen LogP contribution < -0.4 is 5.32 Å². The number of nitrogens with one attached hydrogen (secondary N) is 1. The molecular formula is C99H131N4P2Zr2-5. The average molecular weight is 1620 g/mol. The third-order valence-corrected chi connectivity index (χ3v) is 25.3. The number of benzene rings is 9. The van der Waals surface area contributed by atoms with Crippen LogP contribution in [0.3, 0.4) is 0 Å². The van der Waals surface area contributed by atoms with Gasteiger partial charge in [0.05, 0.1) is 0 Å². The quantitative estimate of drug-likeness (QED) is 0.0502. The Balaban J connectivity index is 0.000000340. The largest absolute Gasteiger partial charge is 4.00 e. The van der Waals surface area contributed by atoms with E-state index in [1.54, 1.807) is 0 Å². The van der Waals surface area contributed by atoms with Crippen LogP contribution in [-0.2, 0) is 65.2 Å². The second-order valence-corrected chi connectivity index (χ2v) is 35.5. The van der Waals surface area contributed by atoms with Crippen LogP contribution in [0.15, 0.2) is 278 Å². The van der Waals surface area contributed by atoms with Crippen molar-refractivity contribution < 1.29 is 52.4 Å². The minimum atomic E-state index is -0.166. The summed E-state index contributed by atoms with van der Waals surface area (Å²) in [6.07, 6.45) is 30.8. The predicted octanol–water partition coefficient (Wildman–Crippen LogP) is 28.4.